The van der Waals surface area contributed by atoms with E-state index in [9.17, 15) is 9.18 Å². The summed E-state index contributed by atoms with van der Waals surface area (Å²) in [6.07, 6.45) is 4.69. The van der Waals surface area contributed by atoms with Crippen molar-refractivity contribution in [2.24, 2.45) is 0 Å². The molecule has 21 heavy (non-hydrogen) atoms. The fourth-order valence-corrected chi connectivity index (χ4v) is 3.76. The number of aromatic nitrogens is 1. The molecule has 0 radical (unpaired) electrons. The number of thioether (sulfide) groups is 1. The number of amides is 1. The number of hydrogen-bond acceptors (Lipinski definition) is 3. The van der Waals surface area contributed by atoms with Gasteiger partial charge in [0.05, 0.1) is 10.8 Å². The molecule has 1 atom stereocenters. The first kappa shape index (κ1) is 14.3. The van der Waals surface area contributed by atoms with E-state index in [1.807, 2.05) is 0 Å². The van der Waals surface area contributed by atoms with Gasteiger partial charge in [0.15, 0.2) is 0 Å². The van der Waals surface area contributed by atoms with E-state index in [2.05, 4.69) is 10.3 Å². The van der Waals surface area contributed by atoms with Gasteiger partial charge in [-0.1, -0.05) is 12.5 Å². The summed E-state index contributed by atoms with van der Waals surface area (Å²) in [6.45, 7) is 0.775. The second-order valence-electron chi connectivity index (χ2n) is 5.19. The first-order chi connectivity index (χ1) is 10.3. The fourth-order valence-electron chi connectivity index (χ4n) is 2.57. The van der Waals surface area contributed by atoms with E-state index in [1.54, 1.807) is 36.2 Å². The van der Waals surface area contributed by atoms with E-state index < -0.39 is 0 Å². The number of halogens is 1. The zero-order chi connectivity index (χ0) is 14.7. The highest BCUT2D eigenvalue weighted by atomic mass is 32.2. The lowest BCUT2D eigenvalue weighted by atomic mass is 10.1. The SMILES string of the molecule is O=C1NCCCCC1SCc1ccc(F)c2cccnc12. The Bertz CT molecular complexity index is 662. The number of nitrogens with zero attached hydrogens (tertiary/aromatic N) is 1. The van der Waals surface area contributed by atoms with Gasteiger partial charge in [-0.2, -0.15) is 0 Å². The lowest BCUT2D eigenvalue weighted by Crippen LogP contribution is -2.30. The molecule has 0 bridgehead atoms. The minimum atomic E-state index is -0.251. The fraction of sp³-hybridized carbons (Fsp3) is 0.375. The van der Waals surface area contributed by atoms with E-state index in [4.69, 9.17) is 0 Å². The molecule has 1 saturated heterocycles. The average Bonchev–Trinajstić information content (AvgIpc) is 2.72. The van der Waals surface area contributed by atoms with Crippen LogP contribution in [0, 0.1) is 5.82 Å². The standard InChI is InChI=1S/C16H17FN2OS/c17-13-7-6-11(15-12(13)4-3-9-18-15)10-21-14-5-1-2-8-19-16(14)20/h3-4,6-7,9,14H,1-2,5,8,10H2,(H,19,20). The Balaban J connectivity index is 1.79. The molecule has 1 N–H and O–H groups in total. The Morgan fingerprint density at radius 3 is 3.14 bits per heavy atom. The van der Waals surface area contributed by atoms with Crippen molar-refractivity contribution in [2.45, 2.75) is 30.3 Å². The molecule has 1 aliphatic rings. The molecule has 1 aliphatic heterocycles. The summed E-state index contributed by atoms with van der Waals surface area (Å²) in [6, 6.07) is 6.73. The summed E-state index contributed by atoms with van der Waals surface area (Å²) in [7, 11) is 0. The van der Waals surface area contributed by atoms with Crippen molar-refractivity contribution in [3.63, 3.8) is 0 Å². The molecular weight excluding hydrogens is 287 g/mol. The summed E-state index contributed by atoms with van der Waals surface area (Å²) in [5.41, 5.74) is 1.67. The molecule has 3 rings (SSSR count). The number of carbonyl (C=O) groups excluding carboxylic acids is 1. The normalized spacial score (nSPS) is 19.3. The molecule has 2 heterocycles. The van der Waals surface area contributed by atoms with Crippen molar-refractivity contribution in [3.05, 3.63) is 41.8 Å². The number of pyridine rings is 1. The zero-order valence-corrected chi connectivity index (χ0v) is 12.5. The monoisotopic (exact) mass is 304 g/mol. The predicted molar refractivity (Wildman–Crippen MR) is 83.6 cm³/mol. The third-order valence-corrected chi connectivity index (χ3v) is 5.05. The second kappa shape index (κ2) is 6.43. The highest BCUT2D eigenvalue weighted by Crippen LogP contribution is 2.28. The van der Waals surface area contributed by atoms with Gasteiger partial charge in [0, 0.05) is 23.9 Å². The van der Waals surface area contributed by atoms with Crippen LogP contribution in [0.2, 0.25) is 0 Å². The Labute approximate surface area is 127 Å². The first-order valence-electron chi connectivity index (χ1n) is 7.17. The molecule has 1 aromatic carbocycles. The van der Waals surface area contributed by atoms with E-state index in [1.165, 1.54) is 6.07 Å². The number of rotatable bonds is 3. The predicted octanol–water partition coefficient (Wildman–Crippen LogP) is 3.28. The largest absolute Gasteiger partial charge is 0.355 e. The van der Waals surface area contributed by atoms with Gasteiger partial charge in [0.1, 0.15) is 5.82 Å². The van der Waals surface area contributed by atoms with Crippen LogP contribution in [0.4, 0.5) is 4.39 Å². The Morgan fingerprint density at radius 2 is 2.24 bits per heavy atom. The molecule has 1 fully saturated rings. The highest BCUT2D eigenvalue weighted by molar-refractivity contribution is 7.99. The van der Waals surface area contributed by atoms with Crippen LogP contribution in [0.1, 0.15) is 24.8 Å². The molecule has 2 aromatic rings. The third-order valence-electron chi connectivity index (χ3n) is 3.72. The van der Waals surface area contributed by atoms with Crippen LogP contribution in [0.15, 0.2) is 30.5 Å². The lowest BCUT2D eigenvalue weighted by molar-refractivity contribution is -0.120. The first-order valence-corrected chi connectivity index (χ1v) is 8.22. The van der Waals surface area contributed by atoms with Gasteiger partial charge in [0.2, 0.25) is 5.91 Å². The van der Waals surface area contributed by atoms with Crippen LogP contribution in [0.25, 0.3) is 10.9 Å². The smallest absolute Gasteiger partial charge is 0.233 e. The highest BCUT2D eigenvalue weighted by Gasteiger charge is 2.21. The van der Waals surface area contributed by atoms with E-state index in [-0.39, 0.29) is 17.0 Å². The van der Waals surface area contributed by atoms with Gasteiger partial charge in [-0.05, 0) is 36.6 Å². The van der Waals surface area contributed by atoms with E-state index in [0.29, 0.717) is 16.7 Å². The number of carbonyl (C=O) groups is 1. The van der Waals surface area contributed by atoms with Crippen LogP contribution >= 0.6 is 11.8 Å². The van der Waals surface area contributed by atoms with E-state index in [0.717, 1.165) is 31.4 Å². The quantitative estimate of drug-likeness (QED) is 0.946. The number of hydrogen-bond donors (Lipinski definition) is 1. The topological polar surface area (TPSA) is 42.0 Å². The minimum absolute atomic E-state index is 0.0173. The Hall–Kier alpha value is -1.62. The van der Waals surface area contributed by atoms with E-state index >= 15 is 0 Å². The molecule has 0 aliphatic carbocycles. The van der Waals surface area contributed by atoms with Crippen LogP contribution in [0.5, 0.6) is 0 Å². The molecule has 5 heteroatoms. The van der Waals surface area contributed by atoms with Gasteiger partial charge in [0.25, 0.3) is 0 Å². The molecule has 110 valence electrons. The van der Waals surface area contributed by atoms with Gasteiger partial charge < -0.3 is 5.32 Å². The summed E-state index contributed by atoms with van der Waals surface area (Å²) in [5.74, 6) is 0.544. The maximum absolute atomic E-state index is 13.8. The molecule has 1 unspecified atom stereocenters. The average molecular weight is 304 g/mol. The second-order valence-corrected chi connectivity index (χ2v) is 6.38. The van der Waals surface area contributed by atoms with Crippen molar-refractivity contribution < 1.29 is 9.18 Å². The van der Waals surface area contributed by atoms with Crippen molar-refractivity contribution in [2.75, 3.05) is 6.54 Å². The zero-order valence-electron chi connectivity index (χ0n) is 11.6. The summed E-state index contributed by atoms with van der Waals surface area (Å²) in [4.78, 5) is 16.2. The van der Waals surface area contributed by atoms with Crippen LogP contribution < -0.4 is 5.32 Å². The molecular formula is C16H17FN2OS. The van der Waals surface area contributed by atoms with Crippen molar-refractivity contribution in [1.29, 1.82) is 0 Å². The maximum Gasteiger partial charge on any atom is 0.233 e. The Morgan fingerprint density at radius 1 is 1.33 bits per heavy atom. The number of fused-ring (bicyclic) bond motifs is 1. The van der Waals surface area contributed by atoms with Gasteiger partial charge in [-0.25, -0.2) is 4.39 Å². The summed E-state index contributed by atoms with van der Waals surface area (Å²) < 4.78 is 13.8. The van der Waals surface area contributed by atoms with Crippen molar-refractivity contribution in [1.82, 2.24) is 10.3 Å². The molecule has 0 spiro atoms. The van der Waals surface area contributed by atoms with Crippen molar-refractivity contribution >= 4 is 28.6 Å². The summed E-state index contributed by atoms with van der Waals surface area (Å²) in [5, 5.41) is 3.47. The minimum Gasteiger partial charge on any atom is -0.355 e. The number of nitrogens with one attached hydrogen (secondary N) is 1. The van der Waals surface area contributed by atoms with Gasteiger partial charge >= 0.3 is 0 Å². The third kappa shape index (κ3) is 3.18. The van der Waals surface area contributed by atoms with Crippen LogP contribution in [-0.4, -0.2) is 22.7 Å². The molecule has 0 saturated carbocycles. The summed E-state index contributed by atoms with van der Waals surface area (Å²) >= 11 is 1.62. The molecule has 1 amide bonds. The van der Waals surface area contributed by atoms with Crippen molar-refractivity contribution in [3.8, 4) is 0 Å². The van der Waals surface area contributed by atoms with Crippen LogP contribution in [0.3, 0.4) is 0 Å². The van der Waals surface area contributed by atoms with Gasteiger partial charge in [-0.3, -0.25) is 9.78 Å². The lowest BCUT2D eigenvalue weighted by Gasteiger charge is -2.13. The van der Waals surface area contributed by atoms with Gasteiger partial charge in [-0.15, -0.1) is 11.8 Å². The maximum atomic E-state index is 13.8. The number of benzene rings is 1. The Kier molecular flexibility index (Phi) is 4.39. The molecule has 3 nitrogen and oxygen atoms in total. The molecule has 1 aromatic heterocycles. The van der Waals surface area contributed by atoms with Crippen LogP contribution in [-0.2, 0) is 10.5 Å².